The van der Waals surface area contributed by atoms with Crippen molar-refractivity contribution >= 4 is 0 Å². The van der Waals surface area contributed by atoms with Crippen LogP contribution in [0.15, 0.2) is 18.3 Å². The lowest BCUT2D eigenvalue weighted by Gasteiger charge is -2.15. The molecule has 0 spiro atoms. The molecule has 0 aromatic carbocycles. The van der Waals surface area contributed by atoms with Crippen molar-refractivity contribution in [2.75, 3.05) is 6.61 Å². The Morgan fingerprint density at radius 1 is 1.33 bits per heavy atom. The quantitative estimate of drug-likeness (QED) is 0.885. The van der Waals surface area contributed by atoms with Gasteiger partial charge in [0.25, 0.3) is 0 Å². The smallest absolute Gasteiger partial charge is 0.106 e. The standard InChI is InChI=1S/C16H24N4O/c1-10(2)14-13(6-5-7-18-14)15-16(11(3)17)20(8-9-21)12(4)19-15/h5-7,10-11,21H,8-9,17H2,1-4H3. The normalized spacial score (nSPS) is 12.9. The summed E-state index contributed by atoms with van der Waals surface area (Å²) < 4.78 is 2.00. The van der Waals surface area contributed by atoms with Gasteiger partial charge in [0.1, 0.15) is 5.82 Å². The second-order valence-corrected chi connectivity index (χ2v) is 5.65. The number of aryl methyl sites for hydroxylation is 1. The van der Waals surface area contributed by atoms with Crippen LogP contribution in [0, 0.1) is 6.92 Å². The summed E-state index contributed by atoms with van der Waals surface area (Å²) in [7, 11) is 0. The van der Waals surface area contributed by atoms with Crippen molar-refractivity contribution in [2.24, 2.45) is 5.73 Å². The molecule has 2 aromatic rings. The molecule has 5 heteroatoms. The van der Waals surface area contributed by atoms with Crippen molar-refractivity contribution in [1.29, 1.82) is 0 Å². The first-order valence-electron chi connectivity index (χ1n) is 7.36. The van der Waals surface area contributed by atoms with E-state index in [1.807, 2.05) is 36.7 Å². The number of hydrogen-bond donors (Lipinski definition) is 2. The van der Waals surface area contributed by atoms with Gasteiger partial charge in [-0.1, -0.05) is 13.8 Å². The Morgan fingerprint density at radius 2 is 2.05 bits per heavy atom. The maximum atomic E-state index is 9.27. The number of aromatic nitrogens is 3. The number of aliphatic hydroxyl groups excluding tert-OH is 1. The molecular weight excluding hydrogens is 264 g/mol. The lowest BCUT2D eigenvalue weighted by molar-refractivity contribution is 0.272. The number of imidazole rings is 1. The summed E-state index contributed by atoms with van der Waals surface area (Å²) in [4.78, 5) is 9.20. The second-order valence-electron chi connectivity index (χ2n) is 5.65. The van der Waals surface area contributed by atoms with E-state index in [1.165, 1.54) is 0 Å². The van der Waals surface area contributed by atoms with Gasteiger partial charge in [0, 0.05) is 24.3 Å². The van der Waals surface area contributed by atoms with Crippen LogP contribution in [-0.4, -0.2) is 26.2 Å². The molecule has 3 N–H and O–H groups in total. The summed E-state index contributed by atoms with van der Waals surface area (Å²) in [6, 6.07) is 3.80. The molecule has 0 amide bonds. The van der Waals surface area contributed by atoms with E-state index in [1.54, 1.807) is 0 Å². The first-order chi connectivity index (χ1) is 9.97. The van der Waals surface area contributed by atoms with Gasteiger partial charge < -0.3 is 15.4 Å². The minimum Gasteiger partial charge on any atom is -0.395 e. The van der Waals surface area contributed by atoms with E-state index in [0.717, 1.165) is 28.5 Å². The molecule has 0 aliphatic carbocycles. The highest BCUT2D eigenvalue weighted by molar-refractivity contribution is 5.66. The summed E-state index contributed by atoms with van der Waals surface area (Å²) in [5.74, 6) is 1.18. The number of nitrogens with zero attached hydrogens (tertiary/aromatic N) is 3. The molecule has 1 unspecified atom stereocenters. The molecule has 2 rings (SSSR count). The van der Waals surface area contributed by atoms with Crippen molar-refractivity contribution < 1.29 is 5.11 Å². The highest BCUT2D eigenvalue weighted by atomic mass is 16.3. The van der Waals surface area contributed by atoms with Gasteiger partial charge in [-0.2, -0.15) is 0 Å². The molecule has 0 bridgehead atoms. The molecule has 0 aliphatic heterocycles. The van der Waals surface area contributed by atoms with Crippen LogP contribution >= 0.6 is 0 Å². The summed E-state index contributed by atoms with van der Waals surface area (Å²) in [6.07, 6.45) is 1.81. The highest BCUT2D eigenvalue weighted by Gasteiger charge is 2.22. The van der Waals surface area contributed by atoms with Gasteiger partial charge >= 0.3 is 0 Å². The summed E-state index contributed by atoms with van der Waals surface area (Å²) in [5.41, 5.74) is 10.0. The number of aliphatic hydroxyl groups is 1. The molecule has 114 valence electrons. The lowest BCUT2D eigenvalue weighted by atomic mass is 9.99. The van der Waals surface area contributed by atoms with Gasteiger partial charge in [-0.25, -0.2) is 4.98 Å². The number of pyridine rings is 1. The molecule has 21 heavy (non-hydrogen) atoms. The van der Waals surface area contributed by atoms with Gasteiger partial charge in [-0.05, 0) is 31.9 Å². The number of rotatable bonds is 5. The maximum absolute atomic E-state index is 9.27. The monoisotopic (exact) mass is 288 g/mol. The highest BCUT2D eigenvalue weighted by Crippen LogP contribution is 2.32. The Bertz CT molecular complexity index is 617. The zero-order chi connectivity index (χ0) is 15.6. The second kappa shape index (κ2) is 6.37. The summed E-state index contributed by atoms with van der Waals surface area (Å²) in [5, 5.41) is 9.27. The van der Waals surface area contributed by atoms with Crippen LogP contribution in [0.2, 0.25) is 0 Å². The molecule has 2 heterocycles. The van der Waals surface area contributed by atoms with E-state index in [-0.39, 0.29) is 12.6 Å². The Kier molecular flexibility index (Phi) is 4.75. The third kappa shape index (κ3) is 2.99. The van der Waals surface area contributed by atoms with Gasteiger partial charge in [-0.15, -0.1) is 0 Å². The fourth-order valence-electron chi connectivity index (χ4n) is 2.70. The van der Waals surface area contributed by atoms with Gasteiger partial charge in [0.2, 0.25) is 0 Å². The van der Waals surface area contributed by atoms with Crippen molar-refractivity contribution in [2.45, 2.75) is 46.2 Å². The van der Waals surface area contributed by atoms with E-state index in [2.05, 4.69) is 18.8 Å². The first kappa shape index (κ1) is 15.7. The molecule has 0 fully saturated rings. The van der Waals surface area contributed by atoms with E-state index < -0.39 is 0 Å². The van der Waals surface area contributed by atoms with Crippen LogP contribution in [0.5, 0.6) is 0 Å². The van der Waals surface area contributed by atoms with Crippen LogP contribution in [0.25, 0.3) is 11.3 Å². The predicted molar refractivity (Wildman–Crippen MR) is 84.0 cm³/mol. The van der Waals surface area contributed by atoms with E-state index >= 15 is 0 Å². The molecule has 2 aromatic heterocycles. The van der Waals surface area contributed by atoms with Crippen molar-refractivity contribution in [3.8, 4) is 11.3 Å². The third-order valence-electron chi connectivity index (χ3n) is 3.59. The zero-order valence-corrected chi connectivity index (χ0v) is 13.2. The Labute approximate surface area is 125 Å². The Hall–Kier alpha value is -1.72. The molecule has 0 saturated heterocycles. The van der Waals surface area contributed by atoms with Crippen molar-refractivity contribution in [3.63, 3.8) is 0 Å². The fraction of sp³-hybridized carbons (Fsp3) is 0.500. The van der Waals surface area contributed by atoms with Crippen molar-refractivity contribution in [1.82, 2.24) is 14.5 Å². The first-order valence-corrected chi connectivity index (χ1v) is 7.36. The topological polar surface area (TPSA) is 77.0 Å². The molecule has 0 aliphatic rings. The van der Waals surface area contributed by atoms with Crippen LogP contribution in [0.1, 0.15) is 49.9 Å². The van der Waals surface area contributed by atoms with Gasteiger partial charge in [0.15, 0.2) is 0 Å². The fourth-order valence-corrected chi connectivity index (χ4v) is 2.70. The number of nitrogens with two attached hydrogens (primary N) is 1. The molecule has 1 atom stereocenters. The van der Waals surface area contributed by atoms with E-state index in [0.29, 0.717) is 12.5 Å². The van der Waals surface area contributed by atoms with Crippen LogP contribution in [0.3, 0.4) is 0 Å². The minimum atomic E-state index is -0.159. The largest absolute Gasteiger partial charge is 0.395 e. The van der Waals surface area contributed by atoms with E-state index in [4.69, 9.17) is 10.7 Å². The Morgan fingerprint density at radius 3 is 2.62 bits per heavy atom. The number of hydrogen-bond acceptors (Lipinski definition) is 4. The molecule has 0 saturated carbocycles. The molecule has 5 nitrogen and oxygen atoms in total. The predicted octanol–water partition coefficient (Wildman–Crippen LogP) is 2.39. The maximum Gasteiger partial charge on any atom is 0.106 e. The molecule has 0 radical (unpaired) electrons. The minimum absolute atomic E-state index is 0.0699. The van der Waals surface area contributed by atoms with Crippen LogP contribution in [-0.2, 0) is 6.54 Å². The lowest BCUT2D eigenvalue weighted by Crippen LogP contribution is -2.16. The average Bonchev–Trinajstić information content (AvgIpc) is 2.76. The van der Waals surface area contributed by atoms with Gasteiger partial charge in [0.05, 0.1) is 23.7 Å². The van der Waals surface area contributed by atoms with Crippen LogP contribution in [0.4, 0.5) is 0 Å². The van der Waals surface area contributed by atoms with Crippen LogP contribution < -0.4 is 5.73 Å². The average molecular weight is 288 g/mol. The van der Waals surface area contributed by atoms with E-state index in [9.17, 15) is 5.11 Å². The van der Waals surface area contributed by atoms with Gasteiger partial charge in [-0.3, -0.25) is 4.98 Å². The Balaban J connectivity index is 2.67. The molecular formula is C16H24N4O. The SMILES string of the molecule is Cc1nc(-c2cccnc2C(C)C)c(C(C)N)n1CCO. The zero-order valence-electron chi connectivity index (χ0n) is 13.2. The van der Waals surface area contributed by atoms with Crippen molar-refractivity contribution in [3.05, 3.63) is 35.5 Å². The summed E-state index contributed by atoms with van der Waals surface area (Å²) >= 11 is 0. The summed E-state index contributed by atoms with van der Waals surface area (Å²) in [6.45, 7) is 8.70. The third-order valence-corrected chi connectivity index (χ3v) is 3.59.